The van der Waals surface area contributed by atoms with Crippen LogP contribution in [0.1, 0.15) is 86.7 Å². The lowest BCUT2D eigenvalue weighted by Gasteiger charge is -2.38. The van der Waals surface area contributed by atoms with Crippen molar-refractivity contribution in [2.24, 2.45) is 0 Å². The van der Waals surface area contributed by atoms with E-state index in [4.69, 9.17) is 8.92 Å². The third kappa shape index (κ3) is 5.46. The van der Waals surface area contributed by atoms with Crippen molar-refractivity contribution >= 4 is 16.1 Å². The zero-order valence-electron chi connectivity index (χ0n) is 18.7. The Labute approximate surface area is 184 Å². The third-order valence-electron chi connectivity index (χ3n) is 6.37. The normalized spacial score (nSPS) is 26.8. The van der Waals surface area contributed by atoms with Gasteiger partial charge < -0.3 is 4.74 Å². The van der Waals surface area contributed by atoms with Gasteiger partial charge in [-0.1, -0.05) is 0 Å². The largest absolute Gasteiger partial charge is 0.456 e. The van der Waals surface area contributed by atoms with Gasteiger partial charge >= 0.3 is 5.97 Å². The first-order valence-corrected chi connectivity index (χ1v) is 12.9. The van der Waals surface area contributed by atoms with Gasteiger partial charge in [-0.15, -0.1) is 0 Å². The summed E-state index contributed by atoms with van der Waals surface area (Å²) >= 11 is 0. The lowest BCUT2D eigenvalue weighted by atomic mass is 9.95. The molecule has 0 N–H and O–H groups in total. The summed E-state index contributed by atoms with van der Waals surface area (Å²) in [4.78, 5) is 14.9. The molecule has 172 valence electrons. The number of halogens is 1. The zero-order chi connectivity index (χ0) is 22.6. The fourth-order valence-corrected chi connectivity index (χ4v) is 5.69. The minimum atomic E-state index is -3.47. The Kier molecular flexibility index (Phi) is 5.94. The first-order valence-electron chi connectivity index (χ1n) is 11.1. The molecule has 2 saturated heterocycles. The van der Waals surface area contributed by atoms with E-state index in [0.29, 0.717) is 25.3 Å². The standard InChI is InChI=1S/C23H32FNO5S/c1-23(2,3)29-22(26)20-12-19(14-5-6-14)15(9-21(20)24)13-25-16-7-8-17(25)11-18(10-16)30-31(4,27)28/h9,12,14,16-18H,5-8,10-11,13H2,1-4H3/t16-,17+,18-. The third-order valence-corrected chi connectivity index (χ3v) is 6.99. The predicted octanol–water partition coefficient (Wildman–Crippen LogP) is 4.13. The average molecular weight is 454 g/mol. The molecule has 3 aliphatic rings. The highest BCUT2D eigenvalue weighted by molar-refractivity contribution is 7.86. The number of carbonyl (C=O) groups is 1. The van der Waals surface area contributed by atoms with Crippen molar-refractivity contribution in [1.82, 2.24) is 4.90 Å². The molecular formula is C23H32FNO5S. The van der Waals surface area contributed by atoms with Gasteiger partial charge in [0.15, 0.2) is 0 Å². The Morgan fingerprint density at radius 3 is 2.26 bits per heavy atom. The molecule has 1 aromatic carbocycles. The second-order valence-corrected chi connectivity index (χ2v) is 11.9. The second-order valence-electron chi connectivity index (χ2n) is 10.3. The summed E-state index contributed by atoms with van der Waals surface area (Å²) < 4.78 is 48.7. The van der Waals surface area contributed by atoms with Gasteiger partial charge in [0.05, 0.1) is 17.9 Å². The molecule has 1 saturated carbocycles. The first kappa shape index (κ1) is 22.7. The SMILES string of the molecule is CC(C)(C)OC(=O)c1cc(C2CC2)c(CN2[C@@H]3CC[C@H]2C[C@H](OS(C)(=O)=O)C3)cc1F. The number of piperidine rings is 1. The molecule has 3 fully saturated rings. The minimum absolute atomic E-state index is 0.00353. The Hall–Kier alpha value is -1.51. The summed E-state index contributed by atoms with van der Waals surface area (Å²) in [7, 11) is -3.47. The van der Waals surface area contributed by atoms with Gasteiger partial charge in [0.25, 0.3) is 10.1 Å². The number of benzene rings is 1. The molecule has 8 heteroatoms. The number of ether oxygens (including phenoxy) is 1. The number of esters is 1. The Morgan fingerprint density at radius 2 is 1.74 bits per heavy atom. The quantitative estimate of drug-likeness (QED) is 0.476. The molecule has 2 bridgehead atoms. The van der Waals surface area contributed by atoms with Gasteiger partial charge in [-0.25, -0.2) is 9.18 Å². The zero-order valence-corrected chi connectivity index (χ0v) is 19.5. The van der Waals surface area contributed by atoms with E-state index in [1.54, 1.807) is 26.8 Å². The van der Waals surface area contributed by atoms with Crippen LogP contribution in [0.4, 0.5) is 4.39 Å². The van der Waals surface area contributed by atoms with Crippen LogP contribution in [0.2, 0.25) is 0 Å². The minimum Gasteiger partial charge on any atom is -0.456 e. The molecule has 31 heavy (non-hydrogen) atoms. The van der Waals surface area contributed by atoms with Gasteiger partial charge in [-0.05, 0) is 88.5 Å². The highest BCUT2D eigenvalue weighted by atomic mass is 32.2. The summed E-state index contributed by atoms with van der Waals surface area (Å²) in [6, 6.07) is 3.65. The average Bonchev–Trinajstić information content (AvgIpc) is 3.40. The fraction of sp³-hybridized carbons (Fsp3) is 0.696. The van der Waals surface area contributed by atoms with E-state index in [-0.39, 0.29) is 23.8 Å². The maximum absolute atomic E-state index is 14.9. The van der Waals surface area contributed by atoms with Gasteiger partial charge in [0.1, 0.15) is 11.4 Å². The molecule has 2 aliphatic heterocycles. The van der Waals surface area contributed by atoms with Gasteiger partial charge in [-0.2, -0.15) is 8.42 Å². The van der Waals surface area contributed by atoms with Crippen LogP contribution < -0.4 is 0 Å². The fourth-order valence-electron chi connectivity index (χ4n) is 5.04. The highest BCUT2D eigenvalue weighted by Crippen LogP contribution is 2.44. The Bertz CT molecular complexity index is 953. The topological polar surface area (TPSA) is 72.9 Å². The summed E-state index contributed by atoms with van der Waals surface area (Å²) in [5, 5.41) is 0. The molecule has 0 unspecified atom stereocenters. The van der Waals surface area contributed by atoms with Gasteiger partial charge in [0.2, 0.25) is 0 Å². The molecule has 0 radical (unpaired) electrons. The number of hydrogen-bond donors (Lipinski definition) is 0. The van der Waals surface area contributed by atoms with E-state index < -0.39 is 27.5 Å². The van der Waals surface area contributed by atoms with Crippen molar-refractivity contribution in [3.8, 4) is 0 Å². The molecule has 1 aliphatic carbocycles. The van der Waals surface area contributed by atoms with Crippen molar-refractivity contribution < 1.29 is 26.5 Å². The monoisotopic (exact) mass is 453 g/mol. The lowest BCUT2D eigenvalue weighted by Crippen LogP contribution is -2.45. The summed E-state index contributed by atoms with van der Waals surface area (Å²) in [6.45, 7) is 5.92. The molecule has 1 aromatic rings. The number of rotatable bonds is 6. The molecule has 3 atom stereocenters. The van der Waals surface area contributed by atoms with Crippen LogP contribution in [0, 0.1) is 5.82 Å². The van der Waals surface area contributed by atoms with Crippen LogP contribution in [0.5, 0.6) is 0 Å². The summed E-state index contributed by atoms with van der Waals surface area (Å²) in [6.07, 6.45) is 6.22. The van der Waals surface area contributed by atoms with Crippen molar-refractivity contribution in [3.63, 3.8) is 0 Å². The van der Waals surface area contributed by atoms with Gasteiger partial charge in [0, 0.05) is 18.6 Å². The second kappa shape index (κ2) is 8.12. The molecule has 0 spiro atoms. The number of fused-ring (bicyclic) bond motifs is 2. The molecule has 4 rings (SSSR count). The first-order chi connectivity index (χ1) is 14.4. The van der Waals surface area contributed by atoms with Crippen LogP contribution in [0.3, 0.4) is 0 Å². The number of hydrogen-bond acceptors (Lipinski definition) is 6. The van der Waals surface area contributed by atoms with Crippen molar-refractivity contribution in [2.45, 2.75) is 95.5 Å². The smallest absolute Gasteiger partial charge is 0.341 e. The predicted molar refractivity (Wildman–Crippen MR) is 115 cm³/mol. The maximum Gasteiger partial charge on any atom is 0.341 e. The summed E-state index contributed by atoms with van der Waals surface area (Å²) in [5.74, 6) is -0.811. The van der Waals surface area contributed by atoms with E-state index in [1.807, 2.05) is 0 Å². The number of carbonyl (C=O) groups excluding carboxylic acids is 1. The summed E-state index contributed by atoms with van der Waals surface area (Å²) in [5.41, 5.74) is 1.28. The lowest BCUT2D eigenvalue weighted by molar-refractivity contribution is 0.00641. The van der Waals surface area contributed by atoms with Crippen LogP contribution in [-0.2, 0) is 25.6 Å². The highest BCUT2D eigenvalue weighted by Gasteiger charge is 2.42. The number of nitrogens with zero attached hydrogens (tertiary/aromatic N) is 1. The van der Waals surface area contributed by atoms with E-state index in [1.165, 1.54) is 6.07 Å². The van der Waals surface area contributed by atoms with Crippen molar-refractivity contribution in [2.75, 3.05) is 6.26 Å². The van der Waals surface area contributed by atoms with Crippen LogP contribution in [-0.4, -0.2) is 49.3 Å². The Morgan fingerprint density at radius 1 is 1.13 bits per heavy atom. The van der Waals surface area contributed by atoms with E-state index in [0.717, 1.165) is 43.1 Å². The van der Waals surface area contributed by atoms with Crippen molar-refractivity contribution in [3.05, 3.63) is 34.6 Å². The van der Waals surface area contributed by atoms with Crippen LogP contribution in [0.15, 0.2) is 12.1 Å². The Balaban J connectivity index is 1.54. The molecule has 0 aromatic heterocycles. The molecule has 6 nitrogen and oxygen atoms in total. The molecular weight excluding hydrogens is 421 g/mol. The van der Waals surface area contributed by atoms with Gasteiger partial charge in [-0.3, -0.25) is 9.08 Å². The van der Waals surface area contributed by atoms with Crippen LogP contribution in [0.25, 0.3) is 0 Å². The molecule has 0 amide bonds. The van der Waals surface area contributed by atoms with Crippen LogP contribution >= 0.6 is 0 Å². The maximum atomic E-state index is 14.9. The van der Waals surface area contributed by atoms with E-state index >= 15 is 0 Å². The van der Waals surface area contributed by atoms with Crippen molar-refractivity contribution in [1.29, 1.82) is 0 Å². The van der Waals surface area contributed by atoms with E-state index in [2.05, 4.69) is 4.90 Å². The van der Waals surface area contributed by atoms with E-state index in [9.17, 15) is 17.6 Å². The molecule has 2 heterocycles.